The van der Waals surface area contributed by atoms with Gasteiger partial charge in [-0.05, 0) is 66.2 Å². The molecule has 0 saturated carbocycles. The summed E-state index contributed by atoms with van der Waals surface area (Å²) in [5.74, 6) is 0.389. The van der Waals surface area contributed by atoms with E-state index in [9.17, 15) is 19.7 Å². The summed E-state index contributed by atoms with van der Waals surface area (Å²) in [7, 11) is 0. The van der Waals surface area contributed by atoms with Gasteiger partial charge >= 0.3 is 0 Å². The van der Waals surface area contributed by atoms with Crippen molar-refractivity contribution in [1.82, 2.24) is 9.97 Å². The molecule has 9 nitrogen and oxygen atoms in total. The van der Waals surface area contributed by atoms with Crippen molar-refractivity contribution < 1.29 is 14.5 Å². The first-order valence-electron chi connectivity index (χ1n) is 13.2. The summed E-state index contributed by atoms with van der Waals surface area (Å²) in [4.78, 5) is 49.4. The van der Waals surface area contributed by atoms with Crippen LogP contribution in [0.5, 0.6) is 0 Å². The number of ketones is 1. The van der Waals surface area contributed by atoms with Gasteiger partial charge in [0.1, 0.15) is 0 Å². The molecule has 6 rings (SSSR count). The lowest BCUT2D eigenvalue weighted by Crippen LogP contribution is -2.13. The van der Waals surface area contributed by atoms with Crippen LogP contribution in [-0.2, 0) is 4.79 Å². The summed E-state index contributed by atoms with van der Waals surface area (Å²) in [6.07, 6.45) is 1.65. The Bertz CT molecular complexity index is 2080. The minimum absolute atomic E-state index is 0.0324. The van der Waals surface area contributed by atoms with Crippen LogP contribution in [0.15, 0.2) is 103 Å². The molecule has 0 radical (unpaired) electrons. The molecule has 0 fully saturated rings. The normalized spacial score (nSPS) is 11.4. The highest BCUT2D eigenvalue weighted by Crippen LogP contribution is 2.33. The third-order valence-electron chi connectivity index (χ3n) is 6.29. The number of nitrogens with one attached hydrogen (secondary N) is 1. The van der Waals surface area contributed by atoms with Gasteiger partial charge in [0.2, 0.25) is 5.91 Å². The van der Waals surface area contributed by atoms with Crippen molar-refractivity contribution in [2.75, 3.05) is 16.8 Å². The summed E-state index contributed by atoms with van der Waals surface area (Å²) in [5, 5.41) is 13.8. The number of thiazole rings is 2. The van der Waals surface area contributed by atoms with Gasteiger partial charge in [0, 0.05) is 34.1 Å². The first kappa shape index (κ1) is 31.0. The molecule has 14 heteroatoms. The fourth-order valence-electron chi connectivity index (χ4n) is 4.08. The lowest BCUT2D eigenvalue weighted by atomic mass is 10.2. The highest BCUT2D eigenvalue weighted by atomic mass is 79.9. The van der Waals surface area contributed by atoms with E-state index < -0.39 is 4.92 Å². The quantitative estimate of drug-likeness (QED) is 0.0459. The van der Waals surface area contributed by atoms with Crippen molar-refractivity contribution in [3.63, 3.8) is 0 Å². The third kappa shape index (κ3) is 8.02. The van der Waals surface area contributed by atoms with E-state index in [2.05, 4.69) is 36.2 Å². The highest BCUT2D eigenvalue weighted by Gasteiger charge is 2.13. The number of nitro benzene ring substituents is 1. The number of carbonyl (C=O) groups excluding carboxylic acids is 2. The summed E-state index contributed by atoms with van der Waals surface area (Å²) >= 11 is 9.12. The lowest BCUT2D eigenvalue weighted by Gasteiger charge is -2.03. The van der Waals surface area contributed by atoms with Crippen LogP contribution in [0.25, 0.3) is 20.4 Å². The van der Waals surface area contributed by atoms with Gasteiger partial charge in [-0.1, -0.05) is 51.6 Å². The zero-order valence-electron chi connectivity index (χ0n) is 23.0. The fourth-order valence-corrected chi connectivity index (χ4v) is 8.25. The maximum Gasteiger partial charge on any atom is 0.269 e. The van der Waals surface area contributed by atoms with E-state index in [1.165, 1.54) is 58.3 Å². The molecule has 2 aromatic heterocycles. The van der Waals surface area contributed by atoms with E-state index in [1.54, 1.807) is 30.5 Å². The number of hydrogen-bond donors (Lipinski definition) is 1. The minimum Gasteiger partial charge on any atom is -0.325 e. The number of amides is 1. The number of carbonyl (C=O) groups is 2. The second kappa shape index (κ2) is 14.0. The Morgan fingerprint density at radius 2 is 1.51 bits per heavy atom. The number of nitro groups is 1. The van der Waals surface area contributed by atoms with E-state index in [-0.39, 0.29) is 23.1 Å². The van der Waals surface area contributed by atoms with Crippen LogP contribution in [0.4, 0.5) is 17.1 Å². The molecule has 4 aromatic carbocycles. The number of Topliss-reactive ketones (excluding diaryl/α,β-unsaturated/α-hetero) is 1. The molecule has 1 amide bonds. The molecule has 224 valence electrons. The SMILES string of the molecule is O=C(CSc1nc2ccc(N=Cc3ccc([N+](=O)[O-])cc3)cc2s1)Nc1ccc2nc(SCC(=O)c3ccc(Br)cc3)sc2c1. The number of aliphatic imine (C=N–C) groups is 1. The van der Waals surface area contributed by atoms with Gasteiger partial charge in [-0.25, -0.2) is 9.97 Å². The van der Waals surface area contributed by atoms with Crippen molar-refractivity contribution in [2.45, 2.75) is 8.68 Å². The largest absolute Gasteiger partial charge is 0.325 e. The van der Waals surface area contributed by atoms with E-state index in [1.807, 2.05) is 48.5 Å². The topological polar surface area (TPSA) is 127 Å². The Labute approximate surface area is 281 Å². The Balaban J connectivity index is 1.02. The molecule has 0 aliphatic rings. The Morgan fingerprint density at radius 3 is 2.20 bits per heavy atom. The molecule has 1 N–H and O–H groups in total. The molecule has 0 aliphatic carbocycles. The van der Waals surface area contributed by atoms with Crippen molar-refractivity contribution in [2.24, 2.45) is 4.99 Å². The Morgan fingerprint density at radius 1 is 0.867 bits per heavy atom. The number of nitrogens with zero attached hydrogens (tertiary/aromatic N) is 4. The zero-order chi connectivity index (χ0) is 31.3. The number of halogens is 1. The molecule has 0 spiro atoms. The van der Waals surface area contributed by atoms with Crippen molar-refractivity contribution in [1.29, 1.82) is 0 Å². The second-order valence-corrected chi connectivity index (χ2v) is 14.9. The molecular weight excluding hydrogens is 715 g/mol. The molecule has 6 aromatic rings. The van der Waals surface area contributed by atoms with Crippen LogP contribution < -0.4 is 5.32 Å². The van der Waals surface area contributed by atoms with E-state index in [0.717, 1.165) is 44.8 Å². The molecule has 0 atom stereocenters. The maximum atomic E-state index is 12.7. The van der Waals surface area contributed by atoms with Crippen LogP contribution in [-0.4, -0.2) is 44.3 Å². The summed E-state index contributed by atoms with van der Waals surface area (Å²) in [6, 6.07) is 24.7. The molecule has 0 aliphatic heterocycles. The molecule has 0 bridgehead atoms. The molecule has 2 heterocycles. The Kier molecular flexibility index (Phi) is 9.66. The molecule has 0 saturated heterocycles. The average molecular weight is 735 g/mol. The van der Waals surface area contributed by atoms with Crippen LogP contribution in [0, 0.1) is 10.1 Å². The molecule has 45 heavy (non-hydrogen) atoms. The predicted octanol–water partition coefficient (Wildman–Crippen LogP) is 9.03. The lowest BCUT2D eigenvalue weighted by molar-refractivity contribution is -0.384. The van der Waals surface area contributed by atoms with E-state index in [0.29, 0.717) is 17.0 Å². The molecule has 0 unspecified atom stereocenters. The monoisotopic (exact) mass is 733 g/mol. The standard InChI is InChI=1S/C31H20BrN5O4S4/c32-20-5-3-19(4-6-20)26(38)16-42-30-35-25-12-8-22(14-28(25)45-30)34-29(39)17-43-31-36-24-11-7-21(13-27(24)44-31)33-15-18-1-9-23(10-2-18)37(40)41/h1-15H,16-17H2,(H,34,39). The number of anilines is 1. The highest BCUT2D eigenvalue weighted by molar-refractivity contribution is 9.10. The predicted molar refractivity (Wildman–Crippen MR) is 188 cm³/mol. The van der Waals surface area contributed by atoms with Gasteiger partial charge in [0.25, 0.3) is 5.69 Å². The zero-order valence-corrected chi connectivity index (χ0v) is 27.9. The van der Waals surface area contributed by atoms with E-state index in [4.69, 9.17) is 0 Å². The number of fused-ring (bicyclic) bond motifs is 2. The van der Waals surface area contributed by atoms with Crippen LogP contribution in [0.3, 0.4) is 0 Å². The summed E-state index contributed by atoms with van der Waals surface area (Å²) in [6.45, 7) is 0. The summed E-state index contributed by atoms with van der Waals surface area (Å²) in [5.41, 5.74) is 4.50. The number of rotatable bonds is 11. The van der Waals surface area contributed by atoms with Gasteiger partial charge in [-0.3, -0.25) is 24.7 Å². The smallest absolute Gasteiger partial charge is 0.269 e. The Hall–Kier alpha value is -3.95. The van der Waals surface area contributed by atoms with Gasteiger partial charge in [0.15, 0.2) is 14.5 Å². The number of aromatic nitrogens is 2. The number of benzene rings is 4. The van der Waals surface area contributed by atoms with Crippen molar-refractivity contribution in [3.8, 4) is 0 Å². The van der Waals surface area contributed by atoms with Crippen molar-refractivity contribution >= 4 is 118 Å². The average Bonchev–Trinajstić information content (AvgIpc) is 3.65. The van der Waals surface area contributed by atoms with Crippen LogP contribution >= 0.6 is 62.1 Å². The first-order chi connectivity index (χ1) is 21.8. The van der Waals surface area contributed by atoms with Crippen molar-refractivity contribution in [3.05, 3.63) is 111 Å². The maximum absolute atomic E-state index is 12.7. The fraction of sp³-hybridized carbons (Fsp3) is 0.0645. The number of thioether (sulfide) groups is 2. The van der Waals surface area contributed by atoms with Gasteiger partial charge in [-0.15, -0.1) is 22.7 Å². The third-order valence-corrected chi connectivity index (χ3v) is 11.1. The number of hydrogen-bond acceptors (Lipinski definition) is 11. The van der Waals surface area contributed by atoms with Gasteiger partial charge in [0.05, 0.1) is 42.5 Å². The van der Waals surface area contributed by atoms with Crippen LogP contribution in [0.2, 0.25) is 0 Å². The van der Waals surface area contributed by atoms with Crippen LogP contribution in [0.1, 0.15) is 15.9 Å². The minimum atomic E-state index is -0.436. The second-order valence-electron chi connectivity index (χ2n) is 9.46. The summed E-state index contributed by atoms with van der Waals surface area (Å²) < 4.78 is 4.37. The van der Waals surface area contributed by atoms with E-state index >= 15 is 0 Å². The van der Waals surface area contributed by atoms with Gasteiger partial charge in [-0.2, -0.15) is 0 Å². The number of non-ortho nitro benzene ring substituents is 1. The first-order valence-corrected chi connectivity index (χ1v) is 17.6. The van der Waals surface area contributed by atoms with Gasteiger partial charge < -0.3 is 5.32 Å². The molecular formula is C31H20BrN5O4S4.